The molecule has 5 N–H and O–H groups in total. The number of rotatable bonds is 12. The third-order valence-corrected chi connectivity index (χ3v) is 8.22. The molecule has 2 aromatic carbocycles. The molecule has 0 unspecified atom stereocenters. The number of aromatic amines is 2. The average Bonchev–Trinajstić information content (AvgIpc) is 3.63. The van der Waals surface area contributed by atoms with E-state index < -0.39 is 0 Å². The fourth-order valence-electron chi connectivity index (χ4n) is 5.55. The number of unbranched alkanes of at least 4 members (excludes halogenated alkanes) is 2. The van der Waals surface area contributed by atoms with E-state index in [-0.39, 0.29) is 11.8 Å². The number of H-pyrrole nitrogens is 2. The van der Waals surface area contributed by atoms with Crippen LogP contribution in [0.2, 0.25) is 0 Å². The SMILES string of the molecule is CC(=O)Nc1n[nH]c2cc(NC(=O)c3ccc4nc(NC5=C(\C(C)C)CC\C=C/C=C\5)[nH]c4c3)ccc12.CCCCCN(CC)CC. The molecule has 2 amide bonds. The molecule has 2 heterocycles. The summed E-state index contributed by atoms with van der Waals surface area (Å²) in [6.45, 7) is 16.3. The molecule has 0 saturated heterocycles. The van der Waals surface area contributed by atoms with Crippen molar-refractivity contribution >= 4 is 51.2 Å². The van der Waals surface area contributed by atoms with Gasteiger partial charge in [-0.2, -0.15) is 5.10 Å². The van der Waals surface area contributed by atoms with Gasteiger partial charge in [-0.1, -0.05) is 65.7 Å². The van der Waals surface area contributed by atoms with Crippen LogP contribution in [0.5, 0.6) is 0 Å². The zero-order chi connectivity index (χ0) is 33.8. The number of anilines is 3. The Labute approximate surface area is 278 Å². The molecular weight excluding hydrogens is 588 g/mol. The maximum atomic E-state index is 13.0. The normalized spacial score (nSPS) is 16.0. The van der Waals surface area contributed by atoms with Crippen molar-refractivity contribution in [1.82, 2.24) is 25.1 Å². The average molecular weight is 639 g/mol. The Morgan fingerprint density at radius 2 is 1.79 bits per heavy atom. The molecule has 0 radical (unpaired) electrons. The molecule has 10 heteroatoms. The molecule has 1 aliphatic rings. The lowest BCUT2D eigenvalue weighted by molar-refractivity contribution is -0.114. The van der Waals surface area contributed by atoms with Crippen LogP contribution in [-0.2, 0) is 4.79 Å². The fourth-order valence-corrected chi connectivity index (χ4v) is 5.55. The first kappa shape index (κ1) is 35.2. The van der Waals surface area contributed by atoms with Crippen molar-refractivity contribution in [2.45, 2.75) is 73.6 Å². The number of imidazole rings is 1. The monoisotopic (exact) mass is 638 g/mol. The molecular formula is C37H50N8O2. The minimum Gasteiger partial charge on any atom is -0.326 e. The first-order valence-corrected chi connectivity index (χ1v) is 16.8. The largest absolute Gasteiger partial charge is 0.326 e. The Morgan fingerprint density at radius 1 is 0.979 bits per heavy atom. The molecule has 2 aromatic heterocycles. The third-order valence-electron chi connectivity index (χ3n) is 8.22. The highest BCUT2D eigenvalue weighted by Crippen LogP contribution is 2.26. The lowest BCUT2D eigenvalue weighted by Gasteiger charge is -2.17. The Kier molecular flexibility index (Phi) is 12.9. The Hall–Kier alpha value is -4.70. The summed E-state index contributed by atoms with van der Waals surface area (Å²) in [5, 5.41) is 16.8. The number of aromatic nitrogens is 4. The second-order valence-electron chi connectivity index (χ2n) is 12.1. The summed E-state index contributed by atoms with van der Waals surface area (Å²) in [4.78, 5) is 34.8. The van der Waals surface area contributed by atoms with E-state index in [1.807, 2.05) is 12.1 Å². The van der Waals surface area contributed by atoms with Crippen molar-refractivity contribution in [2.24, 2.45) is 5.92 Å². The van der Waals surface area contributed by atoms with Crippen molar-refractivity contribution < 1.29 is 9.59 Å². The predicted octanol–water partition coefficient (Wildman–Crippen LogP) is 8.40. The van der Waals surface area contributed by atoms with Crippen molar-refractivity contribution in [3.63, 3.8) is 0 Å². The molecule has 0 spiro atoms. The molecule has 0 aliphatic heterocycles. The number of nitrogens with zero attached hydrogens (tertiary/aromatic N) is 3. The molecule has 10 nitrogen and oxygen atoms in total. The van der Waals surface area contributed by atoms with E-state index in [1.165, 1.54) is 51.4 Å². The summed E-state index contributed by atoms with van der Waals surface area (Å²) >= 11 is 0. The van der Waals surface area contributed by atoms with Gasteiger partial charge in [0.25, 0.3) is 5.91 Å². The lowest BCUT2D eigenvalue weighted by Crippen LogP contribution is -2.23. The van der Waals surface area contributed by atoms with Crippen LogP contribution in [0.4, 0.5) is 17.5 Å². The van der Waals surface area contributed by atoms with E-state index in [4.69, 9.17) is 0 Å². The van der Waals surface area contributed by atoms with Crippen molar-refractivity contribution in [3.8, 4) is 0 Å². The van der Waals surface area contributed by atoms with Gasteiger partial charge in [-0.25, -0.2) is 4.98 Å². The molecule has 0 atom stereocenters. The fraction of sp³-hybridized carbons (Fsp3) is 0.405. The van der Waals surface area contributed by atoms with Crippen LogP contribution in [0.3, 0.4) is 0 Å². The quantitative estimate of drug-likeness (QED) is 0.0991. The van der Waals surface area contributed by atoms with Crippen molar-refractivity contribution in [3.05, 3.63) is 77.5 Å². The van der Waals surface area contributed by atoms with Gasteiger partial charge in [-0.05, 0) is 92.9 Å². The summed E-state index contributed by atoms with van der Waals surface area (Å²) < 4.78 is 0. The zero-order valence-electron chi connectivity index (χ0n) is 28.7. The van der Waals surface area contributed by atoms with Crippen LogP contribution in [-0.4, -0.2) is 56.5 Å². The summed E-state index contributed by atoms with van der Waals surface area (Å²) in [6, 6.07) is 10.7. The first-order chi connectivity index (χ1) is 22.7. The van der Waals surface area contributed by atoms with Gasteiger partial charge in [0.15, 0.2) is 5.82 Å². The number of allylic oxidation sites excluding steroid dienone is 5. The Bertz CT molecular complexity index is 1740. The first-order valence-electron chi connectivity index (χ1n) is 16.8. The predicted molar refractivity (Wildman–Crippen MR) is 195 cm³/mol. The molecule has 4 aromatic rings. The van der Waals surface area contributed by atoms with E-state index in [0.717, 1.165) is 35.0 Å². The second-order valence-corrected chi connectivity index (χ2v) is 12.1. The van der Waals surface area contributed by atoms with E-state index in [9.17, 15) is 9.59 Å². The van der Waals surface area contributed by atoms with Crippen LogP contribution < -0.4 is 16.0 Å². The van der Waals surface area contributed by atoms with Gasteiger partial charge in [-0.15, -0.1) is 0 Å². The highest BCUT2D eigenvalue weighted by molar-refractivity contribution is 6.07. The summed E-state index contributed by atoms with van der Waals surface area (Å²) in [5.41, 5.74) is 5.75. The van der Waals surface area contributed by atoms with E-state index in [1.54, 1.807) is 30.3 Å². The number of amides is 2. The number of hydrogen-bond acceptors (Lipinski definition) is 6. The van der Waals surface area contributed by atoms with Crippen LogP contribution in [0.25, 0.3) is 21.9 Å². The van der Waals surface area contributed by atoms with Crippen molar-refractivity contribution in [1.29, 1.82) is 0 Å². The Morgan fingerprint density at radius 3 is 2.51 bits per heavy atom. The molecule has 0 saturated carbocycles. The number of nitrogens with one attached hydrogen (secondary N) is 5. The molecule has 1 aliphatic carbocycles. The van der Waals surface area contributed by atoms with Gasteiger partial charge in [0.05, 0.1) is 16.6 Å². The van der Waals surface area contributed by atoms with Gasteiger partial charge in [0, 0.05) is 29.3 Å². The third kappa shape index (κ3) is 9.89. The standard InChI is InChI=1S/C28H29N7O2.C9H21N/c1-16(2)20-8-6-4-5-7-9-22(20)31-28-32-23-13-10-18(14-25(23)33-28)27(37)30-19-11-12-21-24(15-19)34-35-26(21)29-17(3)36;1-4-7-8-9-10(5-2)6-3/h4-5,7,9-16H,6,8H2,1-3H3,(H,30,37)(H2,31,32,33)(H2,29,34,35,36);4-9H2,1-3H3/b5-4-,9-7-,22-20-;. The number of hydrogen-bond donors (Lipinski definition) is 5. The lowest BCUT2D eigenvalue weighted by atomic mass is 9.94. The minimum absolute atomic E-state index is 0.200. The summed E-state index contributed by atoms with van der Waals surface area (Å²) in [6.07, 6.45) is 14.4. The summed E-state index contributed by atoms with van der Waals surface area (Å²) in [5.74, 6) is 1.06. The van der Waals surface area contributed by atoms with Gasteiger partial charge in [0.2, 0.25) is 11.9 Å². The number of fused-ring (bicyclic) bond motifs is 2. The van der Waals surface area contributed by atoms with Crippen LogP contribution in [0.15, 0.2) is 72.0 Å². The van der Waals surface area contributed by atoms with Crippen molar-refractivity contribution in [2.75, 3.05) is 35.6 Å². The van der Waals surface area contributed by atoms with E-state index in [0.29, 0.717) is 34.5 Å². The maximum absolute atomic E-state index is 13.0. The highest BCUT2D eigenvalue weighted by atomic mass is 16.2. The van der Waals surface area contributed by atoms with Gasteiger partial charge in [-0.3, -0.25) is 14.7 Å². The van der Waals surface area contributed by atoms with E-state index in [2.05, 4.69) is 93.9 Å². The number of benzene rings is 2. The molecule has 0 bridgehead atoms. The molecule has 5 rings (SSSR count). The molecule has 47 heavy (non-hydrogen) atoms. The summed E-state index contributed by atoms with van der Waals surface area (Å²) in [7, 11) is 0. The maximum Gasteiger partial charge on any atom is 0.255 e. The van der Waals surface area contributed by atoms with Crippen LogP contribution in [0.1, 0.15) is 84.0 Å². The molecule has 250 valence electrons. The topological polar surface area (TPSA) is 131 Å². The van der Waals surface area contributed by atoms with Crippen LogP contribution >= 0.6 is 0 Å². The smallest absolute Gasteiger partial charge is 0.255 e. The van der Waals surface area contributed by atoms with Gasteiger partial charge < -0.3 is 25.8 Å². The number of carbonyl (C=O) groups excluding carboxylic acids is 2. The minimum atomic E-state index is -0.244. The zero-order valence-corrected chi connectivity index (χ0v) is 28.7. The van der Waals surface area contributed by atoms with Crippen LogP contribution in [0, 0.1) is 5.92 Å². The molecule has 0 fully saturated rings. The number of carbonyl (C=O) groups is 2. The highest BCUT2D eigenvalue weighted by Gasteiger charge is 2.14. The second kappa shape index (κ2) is 17.3. The Balaban J connectivity index is 0.000000434. The van der Waals surface area contributed by atoms with E-state index >= 15 is 0 Å². The van der Waals surface area contributed by atoms with Gasteiger partial charge >= 0.3 is 0 Å². The van der Waals surface area contributed by atoms with Gasteiger partial charge in [0.1, 0.15) is 0 Å².